The van der Waals surface area contributed by atoms with Gasteiger partial charge >= 0.3 is 0 Å². The third-order valence-electron chi connectivity index (χ3n) is 2.48. The molecule has 2 aromatic heterocycles. The van der Waals surface area contributed by atoms with Crippen LogP contribution >= 0.6 is 0 Å². The molecule has 0 fully saturated rings. The molecule has 0 aliphatic carbocycles. The number of fused-ring (bicyclic) bond motifs is 1. The highest BCUT2D eigenvalue weighted by Crippen LogP contribution is 2.15. The third-order valence-corrected chi connectivity index (χ3v) is 2.48. The first-order valence-corrected chi connectivity index (χ1v) is 5.64. The SMILES string of the molecule is CNc1cn2ccnc2c(NCCC(C)O)n1. The van der Waals surface area contributed by atoms with E-state index in [2.05, 4.69) is 20.6 Å². The van der Waals surface area contributed by atoms with Gasteiger partial charge in [0.2, 0.25) is 0 Å². The van der Waals surface area contributed by atoms with Crippen LogP contribution in [0.25, 0.3) is 5.65 Å². The average molecular weight is 235 g/mol. The Kier molecular flexibility index (Phi) is 3.43. The highest BCUT2D eigenvalue weighted by molar-refractivity contribution is 5.65. The van der Waals surface area contributed by atoms with Crippen molar-refractivity contribution in [3.63, 3.8) is 0 Å². The monoisotopic (exact) mass is 235 g/mol. The molecule has 1 atom stereocenters. The minimum atomic E-state index is -0.314. The number of hydrogen-bond acceptors (Lipinski definition) is 5. The summed E-state index contributed by atoms with van der Waals surface area (Å²) < 4.78 is 1.91. The molecule has 0 aliphatic heterocycles. The fourth-order valence-corrected chi connectivity index (χ4v) is 1.57. The lowest BCUT2D eigenvalue weighted by Crippen LogP contribution is -2.12. The summed E-state index contributed by atoms with van der Waals surface area (Å²) in [6.45, 7) is 2.44. The third kappa shape index (κ3) is 2.65. The maximum absolute atomic E-state index is 9.21. The van der Waals surface area contributed by atoms with Crippen LogP contribution in [0.15, 0.2) is 18.6 Å². The lowest BCUT2D eigenvalue weighted by Gasteiger charge is -2.10. The summed E-state index contributed by atoms with van der Waals surface area (Å²) in [6.07, 6.45) is 5.85. The van der Waals surface area contributed by atoms with E-state index in [1.54, 1.807) is 13.1 Å². The van der Waals surface area contributed by atoms with Crippen molar-refractivity contribution in [3.05, 3.63) is 18.6 Å². The Morgan fingerprint density at radius 1 is 1.53 bits per heavy atom. The van der Waals surface area contributed by atoms with E-state index in [1.807, 2.05) is 23.8 Å². The van der Waals surface area contributed by atoms with Crippen LogP contribution in [0.5, 0.6) is 0 Å². The summed E-state index contributed by atoms with van der Waals surface area (Å²) in [5.74, 6) is 1.50. The van der Waals surface area contributed by atoms with Crippen molar-refractivity contribution in [3.8, 4) is 0 Å². The van der Waals surface area contributed by atoms with Crippen LogP contribution < -0.4 is 10.6 Å². The summed E-state index contributed by atoms with van der Waals surface area (Å²) in [7, 11) is 1.82. The first-order valence-electron chi connectivity index (χ1n) is 5.64. The van der Waals surface area contributed by atoms with Gasteiger partial charge in [-0.1, -0.05) is 0 Å². The Labute approximate surface area is 99.7 Å². The molecule has 2 heterocycles. The molecule has 0 radical (unpaired) electrons. The number of aliphatic hydroxyl groups is 1. The van der Waals surface area contributed by atoms with Crippen LogP contribution in [0.1, 0.15) is 13.3 Å². The van der Waals surface area contributed by atoms with Gasteiger partial charge in [0, 0.05) is 26.0 Å². The molecule has 92 valence electrons. The van der Waals surface area contributed by atoms with Crippen molar-refractivity contribution in [1.82, 2.24) is 14.4 Å². The maximum Gasteiger partial charge on any atom is 0.180 e. The van der Waals surface area contributed by atoms with Crippen molar-refractivity contribution >= 4 is 17.3 Å². The topological polar surface area (TPSA) is 74.5 Å². The van der Waals surface area contributed by atoms with Gasteiger partial charge in [-0.3, -0.25) is 0 Å². The largest absolute Gasteiger partial charge is 0.393 e. The lowest BCUT2D eigenvalue weighted by molar-refractivity contribution is 0.188. The standard InChI is InChI=1S/C11H17N5O/c1-8(17)3-4-13-10-11-14-5-6-16(11)7-9(12-2)15-10/h5-8,12,17H,3-4H2,1-2H3,(H,13,15). The number of nitrogens with one attached hydrogen (secondary N) is 2. The van der Waals surface area contributed by atoms with Gasteiger partial charge in [-0.05, 0) is 13.3 Å². The fourth-order valence-electron chi connectivity index (χ4n) is 1.57. The molecule has 3 N–H and O–H groups in total. The van der Waals surface area contributed by atoms with Crippen molar-refractivity contribution < 1.29 is 5.11 Å². The summed E-state index contributed by atoms with van der Waals surface area (Å²) in [5.41, 5.74) is 0.787. The fraction of sp³-hybridized carbons (Fsp3) is 0.455. The molecule has 6 heteroatoms. The molecular formula is C11H17N5O. The zero-order valence-corrected chi connectivity index (χ0v) is 10.0. The molecule has 2 rings (SSSR count). The average Bonchev–Trinajstić information content (AvgIpc) is 2.76. The minimum absolute atomic E-state index is 0.314. The lowest BCUT2D eigenvalue weighted by atomic mass is 10.3. The van der Waals surface area contributed by atoms with Gasteiger partial charge in [-0.25, -0.2) is 9.97 Å². The van der Waals surface area contributed by atoms with E-state index in [1.165, 1.54) is 0 Å². The summed E-state index contributed by atoms with van der Waals surface area (Å²) in [5, 5.41) is 15.4. The second-order valence-corrected chi connectivity index (χ2v) is 3.95. The highest BCUT2D eigenvalue weighted by atomic mass is 16.3. The van der Waals surface area contributed by atoms with Crippen molar-refractivity contribution in [2.45, 2.75) is 19.4 Å². The van der Waals surface area contributed by atoms with Gasteiger partial charge in [-0.15, -0.1) is 0 Å². The Bertz CT molecular complexity index is 494. The molecule has 0 amide bonds. The summed E-state index contributed by atoms with van der Waals surface area (Å²) in [4.78, 5) is 8.64. The molecule has 0 spiro atoms. The quantitative estimate of drug-likeness (QED) is 0.719. The van der Waals surface area contributed by atoms with Crippen LogP contribution in [-0.4, -0.2) is 39.2 Å². The van der Waals surface area contributed by atoms with E-state index in [4.69, 9.17) is 0 Å². The minimum Gasteiger partial charge on any atom is -0.393 e. The van der Waals surface area contributed by atoms with Gasteiger partial charge < -0.3 is 20.1 Å². The Hall–Kier alpha value is -1.82. The predicted molar refractivity (Wildman–Crippen MR) is 67.3 cm³/mol. The number of imidazole rings is 1. The predicted octanol–water partition coefficient (Wildman–Crippen LogP) is 0.954. The Morgan fingerprint density at radius 2 is 2.35 bits per heavy atom. The van der Waals surface area contributed by atoms with E-state index in [0.717, 1.165) is 17.3 Å². The highest BCUT2D eigenvalue weighted by Gasteiger charge is 2.06. The van der Waals surface area contributed by atoms with Gasteiger partial charge in [0.15, 0.2) is 11.5 Å². The summed E-state index contributed by atoms with van der Waals surface area (Å²) in [6, 6.07) is 0. The van der Waals surface area contributed by atoms with Crippen LogP contribution in [-0.2, 0) is 0 Å². The van der Waals surface area contributed by atoms with E-state index >= 15 is 0 Å². The Morgan fingerprint density at radius 3 is 3.06 bits per heavy atom. The van der Waals surface area contributed by atoms with Crippen molar-refractivity contribution in [2.24, 2.45) is 0 Å². The molecule has 0 saturated carbocycles. The van der Waals surface area contributed by atoms with Gasteiger partial charge in [0.05, 0.1) is 12.3 Å². The smallest absolute Gasteiger partial charge is 0.180 e. The zero-order valence-electron chi connectivity index (χ0n) is 10.0. The number of nitrogens with zero attached hydrogens (tertiary/aromatic N) is 3. The van der Waals surface area contributed by atoms with E-state index < -0.39 is 0 Å². The molecule has 2 aromatic rings. The van der Waals surface area contributed by atoms with E-state index in [9.17, 15) is 5.11 Å². The molecule has 0 saturated heterocycles. The molecule has 0 aliphatic rings. The second-order valence-electron chi connectivity index (χ2n) is 3.95. The van der Waals surface area contributed by atoms with Crippen LogP contribution in [0, 0.1) is 0 Å². The van der Waals surface area contributed by atoms with Crippen LogP contribution in [0.3, 0.4) is 0 Å². The molecule has 0 aromatic carbocycles. The number of rotatable bonds is 5. The van der Waals surface area contributed by atoms with Crippen LogP contribution in [0.2, 0.25) is 0 Å². The normalized spacial score (nSPS) is 12.6. The number of aromatic nitrogens is 3. The van der Waals surface area contributed by atoms with Gasteiger partial charge in [0.25, 0.3) is 0 Å². The Balaban J connectivity index is 2.21. The van der Waals surface area contributed by atoms with Gasteiger partial charge in [0.1, 0.15) is 5.82 Å². The molecular weight excluding hydrogens is 218 g/mol. The van der Waals surface area contributed by atoms with Crippen LogP contribution in [0.4, 0.5) is 11.6 Å². The van der Waals surface area contributed by atoms with E-state index in [0.29, 0.717) is 13.0 Å². The molecule has 0 bridgehead atoms. The number of hydrogen-bond donors (Lipinski definition) is 3. The maximum atomic E-state index is 9.21. The van der Waals surface area contributed by atoms with Crippen molar-refractivity contribution in [1.29, 1.82) is 0 Å². The number of aliphatic hydroxyl groups excluding tert-OH is 1. The number of anilines is 2. The van der Waals surface area contributed by atoms with Crippen molar-refractivity contribution in [2.75, 3.05) is 24.2 Å². The molecule has 1 unspecified atom stereocenters. The zero-order chi connectivity index (χ0) is 12.3. The first kappa shape index (κ1) is 11.7. The van der Waals surface area contributed by atoms with Gasteiger partial charge in [-0.2, -0.15) is 0 Å². The molecule has 6 nitrogen and oxygen atoms in total. The second kappa shape index (κ2) is 5.01. The van der Waals surface area contributed by atoms with E-state index in [-0.39, 0.29) is 6.10 Å². The summed E-state index contributed by atoms with van der Waals surface area (Å²) >= 11 is 0. The first-order chi connectivity index (χ1) is 8.20. The molecule has 17 heavy (non-hydrogen) atoms.